The summed E-state index contributed by atoms with van der Waals surface area (Å²) in [5.74, 6) is -3.35. The fourth-order valence-corrected chi connectivity index (χ4v) is 6.85. The predicted molar refractivity (Wildman–Crippen MR) is 207 cm³/mol. The van der Waals surface area contributed by atoms with E-state index in [2.05, 4.69) is 16.0 Å². The summed E-state index contributed by atoms with van der Waals surface area (Å²) in [5.41, 5.74) is 1.78. The van der Waals surface area contributed by atoms with E-state index in [4.69, 9.17) is 9.47 Å². The fraction of sp³-hybridized carbons (Fsp3) is 0.415. The summed E-state index contributed by atoms with van der Waals surface area (Å²) in [4.78, 5) is 88.4. The summed E-state index contributed by atoms with van der Waals surface area (Å²) in [6, 6.07) is 10.4. The number of methoxy groups -OCH3 is 1. The van der Waals surface area contributed by atoms with Gasteiger partial charge in [0, 0.05) is 40.4 Å². The number of carbonyl (C=O) groups is 6. The predicted octanol–water partition coefficient (Wildman–Crippen LogP) is 0.904. The quantitative estimate of drug-likeness (QED) is 0.253. The summed E-state index contributed by atoms with van der Waals surface area (Å²) in [6.07, 6.45) is -1.54. The van der Waals surface area contributed by atoms with Gasteiger partial charge < -0.3 is 50.3 Å². The van der Waals surface area contributed by atoms with Crippen LogP contribution < -0.4 is 25.4 Å². The smallest absolute Gasteiger partial charge is 0.248 e. The van der Waals surface area contributed by atoms with Crippen LogP contribution in [-0.2, 0) is 48.0 Å². The van der Waals surface area contributed by atoms with Crippen LogP contribution in [0.15, 0.2) is 66.7 Å². The number of fused-ring (bicyclic) bond motifs is 2. The Hall–Kier alpha value is -6.16. The summed E-state index contributed by atoms with van der Waals surface area (Å²) in [6.45, 7) is 4.15. The lowest BCUT2D eigenvalue weighted by molar-refractivity contribution is -0.150. The number of aromatic hydroxyl groups is 1. The molecule has 3 heterocycles. The maximum Gasteiger partial charge on any atom is 0.248 e. The van der Waals surface area contributed by atoms with Gasteiger partial charge in [-0.15, -0.1) is 0 Å². The van der Waals surface area contributed by atoms with Crippen molar-refractivity contribution < 1.29 is 48.5 Å². The van der Waals surface area contributed by atoms with E-state index >= 15 is 0 Å². The van der Waals surface area contributed by atoms with Crippen LogP contribution in [0, 0.1) is 0 Å². The van der Waals surface area contributed by atoms with Crippen molar-refractivity contribution in [3.05, 3.63) is 83.4 Å². The van der Waals surface area contributed by atoms with Gasteiger partial charge in [0.1, 0.15) is 47.8 Å². The summed E-state index contributed by atoms with van der Waals surface area (Å²) >= 11 is 0. The highest BCUT2D eigenvalue weighted by atomic mass is 16.5. The molecular weight excluding hydrogens is 736 g/mol. The Bertz CT molecular complexity index is 1990. The number of amides is 6. The molecule has 7 atom stereocenters. The van der Waals surface area contributed by atoms with Gasteiger partial charge in [0.05, 0.1) is 13.2 Å². The van der Waals surface area contributed by atoms with Crippen molar-refractivity contribution in [3.8, 4) is 23.0 Å². The molecule has 0 spiro atoms. The first-order valence-corrected chi connectivity index (χ1v) is 18.6. The number of ether oxygens (including phenoxy) is 2. The van der Waals surface area contributed by atoms with Crippen molar-refractivity contribution >= 4 is 35.4 Å². The Morgan fingerprint density at radius 1 is 0.719 bits per heavy atom. The molecule has 6 bridgehead atoms. The Morgan fingerprint density at radius 3 is 1.95 bits per heavy atom. The molecule has 1 fully saturated rings. The second-order valence-corrected chi connectivity index (χ2v) is 14.6. The third kappa shape index (κ3) is 9.63. The molecule has 16 nitrogen and oxygen atoms in total. The zero-order valence-electron chi connectivity index (χ0n) is 33.0. The highest BCUT2D eigenvalue weighted by molar-refractivity contribution is 5.98. The summed E-state index contributed by atoms with van der Waals surface area (Å²) in [5, 5.41) is 29.2. The van der Waals surface area contributed by atoms with Crippen LogP contribution in [0.2, 0.25) is 0 Å². The molecule has 3 aliphatic heterocycles. The van der Waals surface area contributed by atoms with Crippen LogP contribution in [0.25, 0.3) is 0 Å². The molecule has 0 aromatic heterocycles. The first-order valence-electron chi connectivity index (χ1n) is 18.6. The van der Waals surface area contributed by atoms with E-state index < -0.39 is 77.8 Å². The van der Waals surface area contributed by atoms with Crippen LogP contribution >= 0.6 is 0 Å². The van der Waals surface area contributed by atoms with Crippen LogP contribution in [0.4, 0.5) is 0 Å². The number of nitrogens with one attached hydrogen (secondary N) is 3. The lowest BCUT2D eigenvalue weighted by Crippen LogP contribution is -2.63. The van der Waals surface area contributed by atoms with Crippen molar-refractivity contribution in [3.63, 3.8) is 0 Å². The maximum atomic E-state index is 14.6. The van der Waals surface area contributed by atoms with E-state index in [1.54, 1.807) is 54.6 Å². The SMILES string of the molecule is COc1ccc(C[C@H]2C(=O)N[C@@H](C)C(=O)N(C)[C@@H]3Cc4ccc(cc4)Oc4cc(ccc4O)C[C@@H](C(=O)NC(C)C(=O)N[C@@H]([C@@H](C)O)C(=O)N2C)N(C)C3=O)cc1. The molecule has 0 aliphatic carbocycles. The molecule has 6 amide bonds. The van der Waals surface area contributed by atoms with Gasteiger partial charge in [0.2, 0.25) is 35.4 Å². The maximum absolute atomic E-state index is 14.6. The molecular formula is C41H50N6O10. The second-order valence-electron chi connectivity index (χ2n) is 14.6. The minimum atomic E-state index is -1.54. The third-order valence-corrected chi connectivity index (χ3v) is 10.5. The van der Waals surface area contributed by atoms with Gasteiger partial charge in [0.15, 0.2) is 11.5 Å². The minimum Gasteiger partial charge on any atom is -0.504 e. The zero-order valence-corrected chi connectivity index (χ0v) is 33.0. The largest absolute Gasteiger partial charge is 0.504 e. The second kappa shape index (κ2) is 17.7. The number of benzene rings is 3. The molecule has 304 valence electrons. The molecule has 0 radical (unpaired) electrons. The molecule has 3 aromatic rings. The molecule has 6 rings (SSSR count). The number of rotatable bonds is 4. The normalized spacial score (nSPS) is 24.7. The molecule has 1 saturated heterocycles. The first kappa shape index (κ1) is 42.0. The summed E-state index contributed by atoms with van der Waals surface area (Å²) in [7, 11) is 5.72. The van der Waals surface area contributed by atoms with Crippen molar-refractivity contribution in [2.24, 2.45) is 0 Å². The van der Waals surface area contributed by atoms with Gasteiger partial charge in [-0.25, -0.2) is 0 Å². The molecule has 1 unspecified atom stereocenters. The Balaban J connectivity index is 1.60. The number of hydrogen-bond acceptors (Lipinski definition) is 10. The number of carbonyl (C=O) groups excluding carboxylic acids is 6. The Morgan fingerprint density at radius 2 is 1.32 bits per heavy atom. The van der Waals surface area contributed by atoms with Gasteiger partial charge in [-0.1, -0.05) is 30.3 Å². The lowest BCUT2D eigenvalue weighted by atomic mass is 9.98. The monoisotopic (exact) mass is 786 g/mol. The first-order chi connectivity index (χ1) is 27.0. The van der Waals surface area contributed by atoms with Crippen molar-refractivity contribution in [1.82, 2.24) is 30.7 Å². The number of aliphatic hydroxyl groups excluding tert-OH is 1. The standard InChI is InChI=1S/C41H50N6O10/c1-22-36(50)44-35(24(3)48)41(55)46(5)30(18-25-8-13-28(56-7)14-9-25)38(52)43-23(2)39(53)47(6)32-19-26-10-15-29(16-11-26)57-34-21-27(12-17-33(34)49)20-31(37(51)42-22)45(4)40(32)54/h8-17,21-24,30-32,35,48-49H,18-20H2,1-7H3,(H,42,51)(H,43,52)(H,44,50)/t22?,23-,24+,30-,31-,32+,35-/m0/s1. The van der Waals surface area contributed by atoms with Crippen LogP contribution in [-0.4, -0.2) is 131 Å². The molecule has 16 heteroatoms. The number of nitrogens with zero attached hydrogens (tertiary/aromatic N) is 3. The third-order valence-electron chi connectivity index (χ3n) is 10.5. The van der Waals surface area contributed by atoms with Gasteiger partial charge in [-0.2, -0.15) is 0 Å². The van der Waals surface area contributed by atoms with E-state index in [1.807, 2.05) is 0 Å². The Labute approximate surface area is 331 Å². The highest BCUT2D eigenvalue weighted by Gasteiger charge is 2.40. The van der Waals surface area contributed by atoms with E-state index in [1.165, 1.54) is 71.0 Å². The van der Waals surface area contributed by atoms with Gasteiger partial charge in [-0.05, 0) is 73.9 Å². The van der Waals surface area contributed by atoms with Crippen molar-refractivity contribution in [2.45, 2.75) is 82.4 Å². The average molecular weight is 787 g/mol. The van der Waals surface area contributed by atoms with Gasteiger partial charge in [-0.3, -0.25) is 28.8 Å². The lowest BCUT2D eigenvalue weighted by Gasteiger charge is -2.37. The van der Waals surface area contributed by atoms with Gasteiger partial charge in [0.25, 0.3) is 0 Å². The molecule has 3 aliphatic rings. The van der Waals surface area contributed by atoms with Crippen LogP contribution in [0.5, 0.6) is 23.0 Å². The van der Waals surface area contributed by atoms with Crippen molar-refractivity contribution in [1.29, 1.82) is 0 Å². The van der Waals surface area contributed by atoms with E-state index in [9.17, 15) is 39.0 Å². The number of hydrogen-bond donors (Lipinski definition) is 5. The minimum absolute atomic E-state index is 0.00806. The highest BCUT2D eigenvalue weighted by Crippen LogP contribution is 2.33. The summed E-state index contributed by atoms with van der Waals surface area (Å²) < 4.78 is 11.2. The number of likely N-dealkylation sites (N-methyl/N-ethyl adjacent to an activating group) is 3. The van der Waals surface area contributed by atoms with E-state index in [0.717, 1.165) is 4.90 Å². The average Bonchev–Trinajstić information content (AvgIpc) is 3.19. The molecule has 0 saturated carbocycles. The zero-order chi connectivity index (χ0) is 41.7. The molecule has 57 heavy (non-hydrogen) atoms. The Kier molecular flexibility index (Phi) is 13.1. The number of phenolic OH excluding ortho intramolecular Hbond substituents is 1. The van der Waals surface area contributed by atoms with Crippen molar-refractivity contribution in [2.75, 3.05) is 28.3 Å². The fourth-order valence-electron chi connectivity index (χ4n) is 6.85. The number of phenols is 1. The van der Waals surface area contributed by atoms with Crippen LogP contribution in [0.1, 0.15) is 37.5 Å². The van der Waals surface area contributed by atoms with E-state index in [0.29, 0.717) is 28.2 Å². The molecule has 3 aromatic carbocycles. The van der Waals surface area contributed by atoms with Crippen LogP contribution in [0.3, 0.4) is 0 Å². The number of aliphatic hydroxyl groups is 1. The van der Waals surface area contributed by atoms with E-state index in [-0.39, 0.29) is 30.8 Å². The topological polar surface area (TPSA) is 207 Å². The molecule has 5 N–H and O–H groups in total. The van der Waals surface area contributed by atoms with Gasteiger partial charge >= 0.3 is 0 Å².